The molecule has 2 unspecified atom stereocenters. The second-order valence-electron chi connectivity index (χ2n) is 5.11. The minimum absolute atomic E-state index is 0.0182. The van der Waals surface area contributed by atoms with E-state index in [2.05, 4.69) is 0 Å². The van der Waals surface area contributed by atoms with E-state index < -0.39 is 21.0 Å². The Hall–Kier alpha value is -1.71. The quantitative estimate of drug-likeness (QED) is 0.475. The van der Waals surface area contributed by atoms with E-state index in [9.17, 15) is 23.6 Å². The van der Waals surface area contributed by atoms with E-state index in [0.717, 1.165) is 12.1 Å². The van der Waals surface area contributed by atoms with Crippen LogP contribution in [0.25, 0.3) is 0 Å². The van der Waals surface area contributed by atoms with E-state index in [1.807, 2.05) is 6.92 Å². The van der Waals surface area contributed by atoms with Crippen molar-refractivity contribution in [2.75, 3.05) is 18.9 Å². The molecule has 0 bridgehead atoms. The number of nitro benzene ring substituents is 1. The molecule has 1 aliphatic rings. The van der Waals surface area contributed by atoms with Crippen LogP contribution in [0.3, 0.4) is 0 Å². The average Bonchev–Trinajstić information content (AvgIpc) is 2.80. The lowest BCUT2D eigenvalue weighted by molar-refractivity contribution is -0.385. The number of nitro groups is 1. The fourth-order valence-electron chi connectivity index (χ4n) is 2.53. The van der Waals surface area contributed by atoms with Gasteiger partial charge >= 0.3 is 0 Å². The molecule has 8 nitrogen and oxygen atoms in total. The van der Waals surface area contributed by atoms with Crippen molar-refractivity contribution in [3.63, 3.8) is 0 Å². The Morgan fingerprint density at radius 1 is 1.52 bits per heavy atom. The van der Waals surface area contributed by atoms with Crippen molar-refractivity contribution < 1.29 is 18.4 Å². The van der Waals surface area contributed by atoms with Crippen LogP contribution in [0.4, 0.5) is 11.4 Å². The number of sulfonamides is 1. The molecule has 2 rings (SSSR count). The Morgan fingerprint density at radius 2 is 2.19 bits per heavy atom. The zero-order chi connectivity index (χ0) is 15.8. The van der Waals surface area contributed by atoms with Crippen LogP contribution in [-0.4, -0.2) is 41.9 Å². The van der Waals surface area contributed by atoms with Crippen LogP contribution in [0.1, 0.15) is 13.3 Å². The maximum atomic E-state index is 12.7. The van der Waals surface area contributed by atoms with Crippen molar-refractivity contribution in [3.05, 3.63) is 28.3 Å². The highest BCUT2D eigenvalue weighted by atomic mass is 32.2. The first-order valence-corrected chi connectivity index (χ1v) is 7.89. The van der Waals surface area contributed by atoms with E-state index in [0.29, 0.717) is 6.42 Å². The minimum atomic E-state index is -3.98. The van der Waals surface area contributed by atoms with Gasteiger partial charge in [0.05, 0.1) is 23.3 Å². The Balaban J connectivity index is 2.49. The maximum absolute atomic E-state index is 12.7. The monoisotopic (exact) mass is 315 g/mol. The Morgan fingerprint density at radius 3 is 2.76 bits per heavy atom. The van der Waals surface area contributed by atoms with Crippen LogP contribution in [-0.2, 0) is 10.0 Å². The SMILES string of the molecule is CC1CCN(S(=O)(=O)c2cc([N+](=O)[O-])ccc2N)C1CO. The highest BCUT2D eigenvalue weighted by Gasteiger charge is 2.40. The highest BCUT2D eigenvalue weighted by Crippen LogP contribution is 2.33. The summed E-state index contributed by atoms with van der Waals surface area (Å²) in [5.74, 6) is 0.0182. The van der Waals surface area contributed by atoms with Crippen molar-refractivity contribution >= 4 is 21.4 Å². The molecule has 1 saturated heterocycles. The van der Waals surface area contributed by atoms with Crippen LogP contribution < -0.4 is 5.73 Å². The molecule has 0 saturated carbocycles. The fourth-order valence-corrected chi connectivity index (χ4v) is 4.39. The van der Waals surface area contributed by atoms with Gasteiger partial charge in [0.25, 0.3) is 5.69 Å². The van der Waals surface area contributed by atoms with Gasteiger partial charge < -0.3 is 10.8 Å². The lowest BCUT2D eigenvalue weighted by Gasteiger charge is -2.25. The highest BCUT2D eigenvalue weighted by molar-refractivity contribution is 7.89. The van der Waals surface area contributed by atoms with Crippen molar-refractivity contribution in [1.29, 1.82) is 0 Å². The predicted octanol–water partition coefficient (Wildman–Crippen LogP) is 0.568. The number of nitrogens with zero attached hydrogens (tertiary/aromatic N) is 2. The summed E-state index contributed by atoms with van der Waals surface area (Å²) in [5.41, 5.74) is 5.29. The van der Waals surface area contributed by atoms with Gasteiger partial charge in [-0.2, -0.15) is 4.31 Å². The third-order valence-corrected chi connectivity index (χ3v) is 5.79. The van der Waals surface area contributed by atoms with E-state index >= 15 is 0 Å². The summed E-state index contributed by atoms with van der Waals surface area (Å²) in [6.07, 6.45) is 0.624. The fraction of sp³-hybridized carbons (Fsp3) is 0.500. The van der Waals surface area contributed by atoms with Gasteiger partial charge in [0.2, 0.25) is 10.0 Å². The Kier molecular flexibility index (Phi) is 4.17. The molecule has 0 aromatic heterocycles. The van der Waals surface area contributed by atoms with Gasteiger partial charge in [-0.1, -0.05) is 6.92 Å². The molecule has 1 aliphatic heterocycles. The number of hydrogen-bond donors (Lipinski definition) is 2. The first kappa shape index (κ1) is 15.7. The molecule has 2 atom stereocenters. The summed E-state index contributed by atoms with van der Waals surface area (Å²) in [6.45, 7) is 1.82. The summed E-state index contributed by atoms with van der Waals surface area (Å²) in [4.78, 5) is 9.84. The summed E-state index contributed by atoms with van der Waals surface area (Å²) < 4.78 is 26.5. The van der Waals surface area contributed by atoms with Crippen LogP contribution in [0.2, 0.25) is 0 Å². The number of non-ortho nitro benzene ring substituents is 1. The Labute approximate surface area is 122 Å². The molecule has 0 radical (unpaired) electrons. The number of nitrogens with two attached hydrogens (primary N) is 1. The first-order chi connectivity index (χ1) is 9.78. The largest absolute Gasteiger partial charge is 0.398 e. The first-order valence-electron chi connectivity index (χ1n) is 6.45. The van der Waals surface area contributed by atoms with Crippen LogP contribution in [0.15, 0.2) is 23.1 Å². The maximum Gasteiger partial charge on any atom is 0.270 e. The number of anilines is 1. The molecule has 3 N–H and O–H groups in total. The van der Waals surface area contributed by atoms with E-state index in [-0.39, 0.29) is 35.3 Å². The van der Waals surface area contributed by atoms with E-state index in [1.165, 1.54) is 10.4 Å². The lowest BCUT2D eigenvalue weighted by Crippen LogP contribution is -2.40. The van der Waals surface area contributed by atoms with Crippen LogP contribution in [0.5, 0.6) is 0 Å². The number of nitrogen functional groups attached to an aromatic ring is 1. The third-order valence-electron chi connectivity index (χ3n) is 3.81. The number of aliphatic hydroxyl groups excluding tert-OH is 1. The number of hydrogen-bond acceptors (Lipinski definition) is 6. The molecular formula is C12H17N3O5S. The van der Waals surface area contributed by atoms with E-state index in [1.54, 1.807) is 0 Å². The molecule has 1 fully saturated rings. The number of aliphatic hydroxyl groups is 1. The lowest BCUT2D eigenvalue weighted by atomic mass is 10.0. The molecule has 21 heavy (non-hydrogen) atoms. The second kappa shape index (κ2) is 5.58. The smallest absolute Gasteiger partial charge is 0.270 e. The molecule has 0 aliphatic carbocycles. The van der Waals surface area contributed by atoms with Crippen molar-refractivity contribution in [3.8, 4) is 0 Å². The normalized spacial score (nSPS) is 23.3. The number of benzene rings is 1. The predicted molar refractivity (Wildman–Crippen MR) is 76.1 cm³/mol. The van der Waals surface area contributed by atoms with Gasteiger partial charge in [0, 0.05) is 18.7 Å². The molecule has 1 heterocycles. The molecule has 0 amide bonds. The molecule has 116 valence electrons. The minimum Gasteiger partial charge on any atom is -0.398 e. The Bertz CT molecular complexity index is 661. The zero-order valence-corrected chi connectivity index (χ0v) is 12.3. The van der Waals surface area contributed by atoms with Gasteiger partial charge in [-0.15, -0.1) is 0 Å². The van der Waals surface area contributed by atoms with E-state index in [4.69, 9.17) is 5.73 Å². The number of rotatable bonds is 4. The standard InChI is InChI=1S/C12H17N3O5S/c1-8-4-5-14(11(8)7-16)21(19,20)12-6-9(15(17)18)2-3-10(12)13/h2-3,6,8,11,16H,4-5,7,13H2,1H3. The molecular weight excluding hydrogens is 298 g/mol. The average molecular weight is 315 g/mol. The molecule has 1 aromatic carbocycles. The van der Waals surface area contributed by atoms with Crippen molar-refractivity contribution in [1.82, 2.24) is 4.31 Å². The molecule has 0 spiro atoms. The van der Waals surface area contributed by atoms with Crippen molar-refractivity contribution in [2.24, 2.45) is 5.92 Å². The zero-order valence-electron chi connectivity index (χ0n) is 11.5. The molecule has 1 aromatic rings. The summed E-state index contributed by atoms with van der Waals surface area (Å²) >= 11 is 0. The molecule has 9 heteroatoms. The topological polar surface area (TPSA) is 127 Å². The van der Waals surface area contributed by atoms with Crippen molar-refractivity contribution in [2.45, 2.75) is 24.3 Å². The second-order valence-corrected chi connectivity index (χ2v) is 6.97. The van der Waals surface area contributed by atoms with Crippen LogP contribution >= 0.6 is 0 Å². The third kappa shape index (κ3) is 2.71. The van der Waals surface area contributed by atoms with Gasteiger partial charge in [0.1, 0.15) is 4.90 Å². The van der Waals surface area contributed by atoms with Gasteiger partial charge in [-0.3, -0.25) is 10.1 Å². The van der Waals surface area contributed by atoms with Gasteiger partial charge in [-0.05, 0) is 18.4 Å². The van der Waals surface area contributed by atoms with Gasteiger partial charge in [-0.25, -0.2) is 8.42 Å². The summed E-state index contributed by atoms with van der Waals surface area (Å²) in [6, 6.07) is 2.79. The van der Waals surface area contributed by atoms with Gasteiger partial charge in [0.15, 0.2) is 0 Å². The summed E-state index contributed by atoms with van der Waals surface area (Å²) in [7, 11) is -3.98. The summed E-state index contributed by atoms with van der Waals surface area (Å²) in [5, 5.41) is 20.2. The van der Waals surface area contributed by atoms with Crippen LogP contribution in [0, 0.1) is 16.0 Å².